The van der Waals surface area contributed by atoms with Gasteiger partial charge in [-0.25, -0.2) is 0 Å². The fourth-order valence-corrected chi connectivity index (χ4v) is 2.16. The number of nitrogens with zero attached hydrogens (tertiary/aromatic N) is 1. The van der Waals surface area contributed by atoms with Gasteiger partial charge in [-0.3, -0.25) is 9.59 Å². The summed E-state index contributed by atoms with van der Waals surface area (Å²) >= 11 is 0. The summed E-state index contributed by atoms with van der Waals surface area (Å²) in [5.41, 5.74) is 6.67. The number of nitrogens with two attached hydrogens (primary N) is 1. The smallest absolute Gasteiger partial charge is 0.254 e. The molecule has 0 spiro atoms. The molecular weight excluding hydrogens is 278 g/mol. The third-order valence-electron chi connectivity index (χ3n) is 3.74. The van der Waals surface area contributed by atoms with E-state index in [1.807, 2.05) is 12.1 Å². The van der Waals surface area contributed by atoms with Crippen molar-refractivity contribution in [2.24, 2.45) is 5.73 Å². The van der Waals surface area contributed by atoms with E-state index < -0.39 is 5.54 Å². The van der Waals surface area contributed by atoms with Crippen LogP contribution in [0.4, 0.5) is 5.69 Å². The van der Waals surface area contributed by atoms with Gasteiger partial charge in [0.25, 0.3) is 5.56 Å². The van der Waals surface area contributed by atoms with Gasteiger partial charge in [-0.1, -0.05) is 18.2 Å². The number of aromatic nitrogens is 1. The van der Waals surface area contributed by atoms with Crippen LogP contribution in [-0.4, -0.2) is 10.5 Å². The highest BCUT2D eigenvalue weighted by molar-refractivity contribution is 5.96. The maximum atomic E-state index is 12.6. The Hall–Kier alpha value is -2.40. The number of hydrogen-bond donors (Lipinski definition) is 2. The summed E-state index contributed by atoms with van der Waals surface area (Å²) in [5.74, 6) is -0.249. The van der Waals surface area contributed by atoms with Gasteiger partial charge < -0.3 is 15.6 Å². The first kappa shape index (κ1) is 16.0. The summed E-state index contributed by atoms with van der Waals surface area (Å²) < 4.78 is 1.45. The van der Waals surface area contributed by atoms with E-state index in [9.17, 15) is 9.59 Å². The minimum Gasteiger partial charge on any atom is -0.326 e. The average Bonchev–Trinajstić information content (AvgIpc) is 2.50. The molecule has 2 aromatic rings. The minimum absolute atomic E-state index is 0.166. The number of carbonyl (C=O) groups is 1. The Morgan fingerprint density at radius 3 is 2.45 bits per heavy atom. The fourth-order valence-electron chi connectivity index (χ4n) is 2.16. The molecule has 1 aromatic heterocycles. The molecule has 0 bridgehead atoms. The molecule has 1 amide bonds. The molecule has 1 aromatic carbocycles. The van der Waals surface area contributed by atoms with Crippen LogP contribution in [0.2, 0.25) is 0 Å². The molecular formula is C17H21N3O2. The first-order chi connectivity index (χ1) is 10.4. The second-order valence-corrected chi connectivity index (χ2v) is 5.78. The van der Waals surface area contributed by atoms with Crippen LogP contribution in [0.3, 0.4) is 0 Å². The molecule has 116 valence electrons. The normalized spacial score (nSPS) is 11.3. The zero-order valence-electron chi connectivity index (χ0n) is 13.1. The summed E-state index contributed by atoms with van der Waals surface area (Å²) in [7, 11) is 0. The van der Waals surface area contributed by atoms with Gasteiger partial charge in [0, 0.05) is 24.0 Å². The molecule has 0 aliphatic heterocycles. The molecule has 2 rings (SSSR count). The second kappa shape index (κ2) is 6.15. The van der Waals surface area contributed by atoms with Gasteiger partial charge >= 0.3 is 0 Å². The largest absolute Gasteiger partial charge is 0.326 e. The van der Waals surface area contributed by atoms with Crippen LogP contribution in [0.1, 0.15) is 25.0 Å². The second-order valence-electron chi connectivity index (χ2n) is 5.78. The lowest BCUT2D eigenvalue weighted by Crippen LogP contribution is -2.45. The van der Waals surface area contributed by atoms with Crippen molar-refractivity contribution < 1.29 is 4.79 Å². The van der Waals surface area contributed by atoms with Gasteiger partial charge in [-0.15, -0.1) is 0 Å². The Morgan fingerprint density at radius 2 is 1.86 bits per heavy atom. The zero-order valence-corrected chi connectivity index (χ0v) is 13.1. The van der Waals surface area contributed by atoms with Crippen molar-refractivity contribution >= 4 is 11.6 Å². The monoisotopic (exact) mass is 299 g/mol. The number of hydrogen-bond acceptors (Lipinski definition) is 3. The molecule has 5 heteroatoms. The summed E-state index contributed by atoms with van der Waals surface area (Å²) in [6.07, 6.45) is 1.63. The maximum Gasteiger partial charge on any atom is 0.254 e. The minimum atomic E-state index is -0.990. The lowest BCUT2D eigenvalue weighted by molar-refractivity contribution is -0.123. The molecule has 0 atom stereocenters. The first-order valence-electron chi connectivity index (χ1n) is 7.15. The molecule has 3 N–H and O–H groups in total. The summed E-state index contributed by atoms with van der Waals surface area (Å²) in [6, 6.07) is 10.8. The highest BCUT2D eigenvalue weighted by atomic mass is 16.2. The van der Waals surface area contributed by atoms with Gasteiger partial charge in [0.05, 0.1) is 0 Å². The van der Waals surface area contributed by atoms with Crippen LogP contribution < -0.4 is 16.6 Å². The topological polar surface area (TPSA) is 77.1 Å². The lowest BCUT2D eigenvalue weighted by Gasteiger charge is -2.26. The van der Waals surface area contributed by atoms with E-state index in [1.165, 1.54) is 4.57 Å². The lowest BCUT2D eigenvalue weighted by atomic mass is 10.0. The highest BCUT2D eigenvalue weighted by Crippen LogP contribution is 2.17. The van der Waals surface area contributed by atoms with Crippen molar-refractivity contribution in [2.75, 3.05) is 5.32 Å². The molecule has 0 unspecified atom stereocenters. The van der Waals surface area contributed by atoms with Crippen molar-refractivity contribution in [1.82, 2.24) is 4.57 Å². The van der Waals surface area contributed by atoms with Gasteiger partial charge in [-0.2, -0.15) is 0 Å². The standard InChI is InChI=1S/C17H21N3O2/c1-12-5-4-10-20(15(12)21)17(2,3)16(22)19-14-8-6-13(11-18)7-9-14/h4-10H,11,18H2,1-3H3,(H,19,22). The molecule has 0 saturated heterocycles. The van der Waals surface area contributed by atoms with E-state index >= 15 is 0 Å². The van der Waals surface area contributed by atoms with Crippen molar-refractivity contribution in [2.45, 2.75) is 32.9 Å². The van der Waals surface area contributed by atoms with Crippen LogP contribution in [0.25, 0.3) is 0 Å². The molecule has 1 heterocycles. The quantitative estimate of drug-likeness (QED) is 0.906. The number of rotatable bonds is 4. The molecule has 0 aliphatic carbocycles. The van der Waals surface area contributed by atoms with Crippen LogP contribution in [0.15, 0.2) is 47.4 Å². The first-order valence-corrected chi connectivity index (χ1v) is 7.15. The fraction of sp³-hybridized carbons (Fsp3) is 0.294. The summed E-state index contributed by atoms with van der Waals surface area (Å²) in [4.78, 5) is 24.8. The Balaban J connectivity index is 2.26. The highest BCUT2D eigenvalue weighted by Gasteiger charge is 2.30. The van der Waals surface area contributed by atoms with Crippen LogP contribution in [0, 0.1) is 6.92 Å². The van der Waals surface area contributed by atoms with Gasteiger partial charge in [0.15, 0.2) is 0 Å². The molecule has 22 heavy (non-hydrogen) atoms. The Morgan fingerprint density at radius 1 is 1.23 bits per heavy atom. The molecule has 5 nitrogen and oxygen atoms in total. The Bertz CT molecular complexity index is 730. The van der Waals surface area contributed by atoms with Crippen LogP contribution >= 0.6 is 0 Å². The number of pyridine rings is 1. The van der Waals surface area contributed by atoms with E-state index in [1.54, 1.807) is 51.2 Å². The van der Waals surface area contributed by atoms with Gasteiger partial charge in [0.2, 0.25) is 5.91 Å². The summed E-state index contributed by atoms with van der Waals surface area (Å²) in [5, 5.41) is 2.84. The number of amides is 1. The number of aryl methyl sites for hydroxylation is 1. The average molecular weight is 299 g/mol. The third-order valence-corrected chi connectivity index (χ3v) is 3.74. The zero-order chi connectivity index (χ0) is 16.3. The van der Waals surface area contributed by atoms with Crippen molar-refractivity contribution in [3.8, 4) is 0 Å². The predicted octanol–water partition coefficient (Wildman–Crippen LogP) is 1.99. The Labute approximate surface area is 129 Å². The molecule has 0 saturated carbocycles. The number of anilines is 1. The van der Waals surface area contributed by atoms with Gasteiger partial charge in [-0.05, 0) is 44.5 Å². The number of nitrogens with one attached hydrogen (secondary N) is 1. The van der Waals surface area contributed by atoms with E-state index in [4.69, 9.17) is 5.73 Å². The molecule has 0 radical (unpaired) electrons. The predicted molar refractivity (Wildman–Crippen MR) is 87.7 cm³/mol. The van der Waals surface area contributed by atoms with Crippen molar-refractivity contribution in [3.63, 3.8) is 0 Å². The third kappa shape index (κ3) is 3.09. The number of benzene rings is 1. The maximum absolute atomic E-state index is 12.6. The van der Waals surface area contributed by atoms with E-state index in [-0.39, 0.29) is 11.5 Å². The van der Waals surface area contributed by atoms with E-state index in [0.29, 0.717) is 17.8 Å². The SMILES string of the molecule is Cc1cccn(C(C)(C)C(=O)Nc2ccc(CN)cc2)c1=O. The van der Waals surface area contributed by atoms with Crippen molar-refractivity contribution in [3.05, 3.63) is 64.1 Å². The van der Waals surface area contributed by atoms with E-state index in [0.717, 1.165) is 5.56 Å². The van der Waals surface area contributed by atoms with E-state index in [2.05, 4.69) is 5.32 Å². The van der Waals surface area contributed by atoms with Crippen molar-refractivity contribution in [1.29, 1.82) is 0 Å². The van der Waals surface area contributed by atoms with Crippen LogP contribution in [0.5, 0.6) is 0 Å². The molecule has 0 aliphatic rings. The Kier molecular flexibility index (Phi) is 4.47. The summed E-state index contributed by atoms with van der Waals surface area (Å²) in [6.45, 7) is 5.63. The molecule has 0 fully saturated rings. The van der Waals surface area contributed by atoms with Crippen LogP contribution in [-0.2, 0) is 16.9 Å². The number of carbonyl (C=O) groups excluding carboxylic acids is 1. The van der Waals surface area contributed by atoms with Gasteiger partial charge in [0.1, 0.15) is 5.54 Å².